The Kier molecular flexibility index (Phi) is 8.93. The molecule has 0 aliphatic carbocycles. The van der Waals surface area contributed by atoms with Crippen molar-refractivity contribution in [1.29, 1.82) is 0 Å². The summed E-state index contributed by atoms with van der Waals surface area (Å²) in [5.41, 5.74) is 3.28. The van der Waals surface area contributed by atoms with Gasteiger partial charge in [-0.05, 0) is 61.0 Å². The third-order valence-electron chi connectivity index (χ3n) is 7.31. The molecule has 12 heteroatoms. The highest BCUT2D eigenvalue weighted by Gasteiger charge is 2.23. The molecule has 0 atom stereocenters. The lowest BCUT2D eigenvalue weighted by Crippen LogP contribution is -2.30. The zero-order valence-corrected chi connectivity index (χ0v) is 27.2. The monoisotopic (exact) mass is 652 g/mol. The van der Waals surface area contributed by atoms with E-state index in [4.69, 9.17) is 9.84 Å². The number of aromatic nitrogens is 5. The molecule has 6 aromatic rings. The van der Waals surface area contributed by atoms with Crippen molar-refractivity contribution in [2.24, 2.45) is 0 Å². The fourth-order valence-electron chi connectivity index (χ4n) is 5.02. The average Bonchev–Trinajstić information content (AvgIpc) is 3.76. The van der Waals surface area contributed by atoms with Crippen molar-refractivity contribution >= 4 is 44.5 Å². The lowest BCUT2D eigenvalue weighted by atomic mass is 10.1. The van der Waals surface area contributed by atoms with E-state index in [-0.39, 0.29) is 10.5 Å². The van der Waals surface area contributed by atoms with Crippen molar-refractivity contribution in [1.82, 2.24) is 28.7 Å². The Hall–Kier alpha value is -4.91. The van der Waals surface area contributed by atoms with Gasteiger partial charge in [0, 0.05) is 30.4 Å². The summed E-state index contributed by atoms with van der Waals surface area (Å²) in [5, 5.41) is 9.25. The molecule has 0 fully saturated rings. The molecule has 3 heterocycles. The number of benzene rings is 3. The van der Waals surface area contributed by atoms with Crippen molar-refractivity contribution in [3.63, 3.8) is 0 Å². The third-order valence-corrected chi connectivity index (χ3v) is 10.3. The minimum Gasteiger partial charge on any atom is -0.494 e. The molecule has 0 spiro atoms. The normalized spacial score (nSPS) is 12.6. The van der Waals surface area contributed by atoms with E-state index in [1.165, 1.54) is 20.2 Å². The summed E-state index contributed by atoms with van der Waals surface area (Å²) in [6.45, 7) is 6.90. The first-order valence-electron chi connectivity index (χ1n) is 14.9. The fraction of sp³-hybridized carbons (Fsp3) is 0.176. The highest BCUT2D eigenvalue weighted by atomic mass is 32.2. The molecule has 0 aliphatic rings. The maximum atomic E-state index is 13.5. The van der Waals surface area contributed by atoms with Gasteiger partial charge in [0.1, 0.15) is 11.4 Å². The predicted molar refractivity (Wildman–Crippen MR) is 182 cm³/mol. The van der Waals surface area contributed by atoms with E-state index in [2.05, 4.69) is 10.1 Å². The van der Waals surface area contributed by atoms with E-state index >= 15 is 0 Å². The van der Waals surface area contributed by atoms with Crippen LogP contribution in [0.1, 0.15) is 37.7 Å². The zero-order chi connectivity index (χ0) is 32.3. The van der Waals surface area contributed by atoms with Gasteiger partial charge < -0.3 is 4.74 Å². The van der Waals surface area contributed by atoms with Crippen LogP contribution in [0, 0.1) is 0 Å². The van der Waals surface area contributed by atoms with Gasteiger partial charge in [-0.3, -0.25) is 4.79 Å². The van der Waals surface area contributed by atoms with Crippen LogP contribution in [0.15, 0.2) is 94.7 Å². The molecule has 0 bridgehead atoms. The minimum absolute atomic E-state index is 0.183. The van der Waals surface area contributed by atoms with Crippen LogP contribution in [0.2, 0.25) is 0 Å². The summed E-state index contributed by atoms with van der Waals surface area (Å²) in [5.74, 6) is 1.22. The highest BCUT2D eigenvalue weighted by molar-refractivity contribution is 7.89. The lowest BCUT2D eigenvalue weighted by molar-refractivity contribution is 0.340. The van der Waals surface area contributed by atoms with Crippen LogP contribution in [-0.4, -0.2) is 56.8 Å². The van der Waals surface area contributed by atoms with Crippen LogP contribution >= 0.6 is 11.3 Å². The molecule has 0 saturated heterocycles. The maximum Gasteiger partial charge on any atom is 0.291 e. The molecule has 3 aromatic heterocycles. The molecular formula is C34H32N6O4S2. The van der Waals surface area contributed by atoms with E-state index in [0.717, 1.165) is 17.0 Å². The standard InChI is InChI=1S/C34H32N6O4S2/c1-4-38(5-2)46(42,43)29-14-10-11-25(21-29)32-26(23-39(37-32)27-12-8-7-9-13-27)22-30-33(41)40-34(45-30)35-31(36-40)20-17-24-15-18-28(19-16-24)44-6-3/h7-23H,4-6H2,1-3H3/b20-17+,30-22-. The molecule has 234 valence electrons. The van der Waals surface area contributed by atoms with Crippen molar-refractivity contribution in [2.45, 2.75) is 25.7 Å². The maximum absolute atomic E-state index is 13.5. The van der Waals surface area contributed by atoms with E-state index in [1.807, 2.05) is 93.7 Å². The molecule has 10 nitrogen and oxygen atoms in total. The van der Waals surface area contributed by atoms with E-state index < -0.39 is 10.0 Å². The second-order valence-electron chi connectivity index (χ2n) is 10.2. The second kappa shape index (κ2) is 13.2. The molecular weight excluding hydrogens is 621 g/mol. The van der Waals surface area contributed by atoms with Gasteiger partial charge in [-0.25, -0.2) is 13.1 Å². The summed E-state index contributed by atoms with van der Waals surface area (Å²) in [4.78, 5) is 18.7. The molecule has 0 radical (unpaired) electrons. The lowest BCUT2D eigenvalue weighted by Gasteiger charge is -2.18. The number of hydrogen-bond acceptors (Lipinski definition) is 8. The Morgan fingerprint density at radius 3 is 2.37 bits per heavy atom. The van der Waals surface area contributed by atoms with E-state index in [1.54, 1.807) is 35.0 Å². The van der Waals surface area contributed by atoms with Gasteiger partial charge >= 0.3 is 0 Å². The van der Waals surface area contributed by atoms with Crippen LogP contribution in [0.25, 0.3) is 40.1 Å². The molecule has 0 aliphatic heterocycles. The summed E-state index contributed by atoms with van der Waals surface area (Å²) < 4.78 is 37.0. The third kappa shape index (κ3) is 6.27. The number of para-hydroxylation sites is 1. The van der Waals surface area contributed by atoms with Crippen molar-refractivity contribution in [3.05, 3.63) is 117 Å². The first-order valence-corrected chi connectivity index (χ1v) is 17.1. The average molecular weight is 653 g/mol. The summed E-state index contributed by atoms with van der Waals surface area (Å²) in [6.07, 6.45) is 7.23. The quantitative estimate of drug-likeness (QED) is 0.190. The Morgan fingerprint density at radius 2 is 1.67 bits per heavy atom. The first-order chi connectivity index (χ1) is 22.3. The van der Waals surface area contributed by atoms with Gasteiger partial charge in [0.25, 0.3) is 5.56 Å². The Morgan fingerprint density at radius 1 is 0.913 bits per heavy atom. The number of nitrogens with zero attached hydrogens (tertiary/aromatic N) is 6. The van der Waals surface area contributed by atoms with Crippen LogP contribution < -0.4 is 14.8 Å². The number of thiazole rings is 1. The first kappa shape index (κ1) is 31.1. The number of rotatable bonds is 11. The molecule has 6 rings (SSSR count). The van der Waals surface area contributed by atoms with Crippen molar-refractivity contribution in [3.8, 4) is 22.7 Å². The fourth-order valence-corrected chi connectivity index (χ4v) is 7.43. The van der Waals surface area contributed by atoms with Crippen molar-refractivity contribution in [2.75, 3.05) is 19.7 Å². The Labute approximate surface area is 270 Å². The Bertz CT molecular complexity index is 2230. The van der Waals surface area contributed by atoms with Gasteiger partial charge in [0.05, 0.1) is 21.7 Å². The molecule has 46 heavy (non-hydrogen) atoms. The number of hydrogen-bond donors (Lipinski definition) is 0. The van der Waals surface area contributed by atoms with Crippen LogP contribution in [-0.2, 0) is 10.0 Å². The van der Waals surface area contributed by atoms with E-state index in [9.17, 15) is 13.2 Å². The van der Waals surface area contributed by atoms with Gasteiger partial charge in [-0.2, -0.15) is 18.9 Å². The molecule has 0 saturated carbocycles. The van der Waals surface area contributed by atoms with Gasteiger partial charge in [0.2, 0.25) is 15.0 Å². The number of ether oxygens (including phenoxy) is 1. The molecule has 0 unspecified atom stereocenters. The minimum atomic E-state index is -3.69. The van der Waals surface area contributed by atoms with E-state index in [0.29, 0.717) is 51.8 Å². The summed E-state index contributed by atoms with van der Waals surface area (Å²) in [7, 11) is -3.69. The smallest absolute Gasteiger partial charge is 0.291 e. The summed E-state index contributed by atoms with van der Waals surface area (Å²) in [6, 6.07) is 24.0. The topological polar surface area (TPSA) is 112 Å². The van der Waals surface area contributed by atoms with Gasteiger partial charge in [-0.15, -0.1) is 5.10 Å². The van der Waals surface area contributed by atoms with Gasteiger partial charge in [-0.1, -0.05) is 73.7 Å². The second-order valence-corrected chi connectivity index (χ2v) is 13.2. The SMILES string of the molecule is CCOc1ccc(/C=C/c2nc3s/c(=C\c4cn(-c5ccccc5)nc4-c4cccc(S(=O)(=O)N(CC)CC)c4)c(=O)n3n2)cc1. The Balaban J connectivity index is 1.39. The van der Waals surface area contributed by atoms with Crippen LogP contribution in [0.3, 0.4) is 0 Å². The molecule has 0 N–H and O–H groups in total. The van der Waals surface area contributed by atoms with Crippen molar-refractivity contribution < 1.29 is 13.2 Å². The molecule has 3 aromatic carbocycles. The molecule has 0 amide bonds. The highest BCUT2D eigenvalue weighted by Crippen LogP contribution is 2.28. The predicted octanol–water partition coefficient (Wildman–Crippen LogP) is 5.15. The van der Waals surface area contributed by atoms with Crippen LogP contribution in [0.5, 0.6) is 5.75 Å². The zero-order valence-electron chi connectivity index (χ0n) is 25.6. The number of sulfonamides is 1. The largest absolute Gasteiger partial charge is 0.494 e. The number of fused-ring (bicyclic) bond motifs is 1. The van der Waals surface area contributed by atoms with Crippen LogP contribution in [0.4, 0.5) is 0 Å². The summed E-state index contributed by atoms with van der Waals surface area (Å²) >= 11 is 1.23. The van der Waals surface area contributed by atoms with Gasteiger partial charge in [0.15, 0.2) is 5.82 Å².